The fraction of sp³-hybridized carbons (Fsp3) is 0.231. The minimum Gasteiger partial charge on any atom is -0.325 e. The maximum absolute atomic E-state index is 14.1. The first-order valence-corrected chi connectivity index (χ1v) is 11.5. The Hall–Kier alpha value is -2.73. The molecule has 1 aliphatic heterocycles. The second kappa shape index (κ2) is 10.5. The number of hydrogen-bond donors (Lipinski definition) is 1. The Kier molecular flexibility index (Phi) is 7.43. The van der Waals surface area contributed by atoms with Gasteiger partial charge in [0.2, 0.25) is 5.91 Å². The number of nitrogens with zero attached hydrogens (tertiary/aromatic N) is 1. The number of anilines is 1. The van der Waals surface area contributed by atoms with Gasteiger partial charge in [-0.15, -0.1) is 0 Å². The molecule has 1 fully saturated rings. The fourth-order valence-corrected chi connectivity index (χ4v) is 4.45. The molecule has 3 aromatic rings. The zero-order chi connectivity index (χ0) is 23.4. The molecule has 0 aromatic heterocycles. The van der Waals surface area contributed by atoms with Gasteiger partial charge in [0, 0.05) is 39.2 Å². The summed E-state index contributed by atoms with van der Waals surface area (Å²) >= 11 is 12.3. The van der Waals surface area contributed by atoms with Gasteiger partial charge in [-0.1, -0.05) is 59.6 Å². The lowest BCUT2D eigenvalue weighted by Gasteiger charge is -2.31. The minimum atomic E-state index is -0.319. The van der Waals surface area contributed by atoms with Gasteiger partial charge in [0.25, 0.3) is 0 Å². The van der Waals surface area contributed by atoms with Crippen molar-refractivity contribution in [1.82, 2.24) is 4.90 Å². The van der Waals surface area contributed by atoms with E-state index < -0.39 is 0 Å². The Bertz CT molecular complexity index is 1140. The van der Waals surface area contributed by atoms with E-state index in [-0.39, 0.29) is 23.4 Å². The average Bonchev–Trinajstić information content (AvgIpc) is 2.83. The average molecular weight is 485 g/mol. The number of amides is 1. The first-order valence-electron chi connectivity index (χ1n) is 10.8. The number of hydrogen-bond acceptors (Lipinski definition) is 3. The lowest BCUT2D eigenvalue weighted by molar-refractivity contribution is -0.121. The van der Waals surface area contributed by atoms with Gasteiger partial charge < -0.3 is 5.32 Å². The van der Waals surface area contributed by atoms with Gasteiger partial charge in [-0.05, 0) is 56.3 Å². The molecule has 1 aliphatic rings. The van der Waals surface area contributed by atoms with Gasteiger partial charge in [-0.25, -0.2) is 4.39 Å². The van der Waals surface area contributed by atoms with Gasteiger partial charge in [0.05, 0.1) is 5.69 Å². The van der Waals surface area contributed by atoms with Crippen molar-refractivity contribution < 1.29 is 14.0 Å². The maximum atomic E-state index is 14.1. The first kappa shape index (κ1) is 23.4. The summed E-state index contributed by atoms with van der Waals surface area (Å²) in [5.74, 6) is -0.860. The normalized spacial score (nSPS) is 14.8. The third-order valence-electron chi connectivity index (χ3n) is 5.92. The molecular weight excluding hydrogens is 462 g/mol. The number of ketones is 1. The topological polar surface area (TPSA) is 49.4 Å². The van der Waals surface area contributed by atoms with Crippen LogP contribution >= 0.6 is 23.2 Å². The Morgan fingerprint density at radius 2 is 1.70 bits per heavy atom. The lowest BCUT2D eigenvalue weighted by atomic mass is 9.95. The molecule has 0 spiro atoms. The Balaban J connectivity index is 1.41. The first-order chi connectivity index (χ1) is 15.9. The number of nitrogens with one attached hydrogen (secondary N) is 1. The van der Waals surface area contributed by atoms with Gasteiger partial charge in [0.1, 0.15) is 5.82 Å². The highest BCUT2D eigenvalue weighted by atomic mass is 35.5. The van der Waals surface area contributed by atoms with E-state index in [0.29, 0.717) is 64.9 Å². The van der Waals surface area contributed by atoms with E-state index in [4.69, 9.17) is 23.2 Å². The molecule has 1 amide bonds. The molecule has 0 atom stereocenters. The van der Waals surface area contributed by atoms with E-state index in [0.717, 1.165) is 0 Å². The molecule has 1 saturated heterocycles. The summed E-state index contributed by atoms with van der Waals surface area (Å²) in [4.78, 5) is 28.1. The summed E-state index contributed by atoms with van der Waals surface area (Å²) in [6, 6.07) is 18.4. The number of carbonyl (C=O) groups is 2. The Morgan fingerprint density at radius 1 is 0.970 bits per heavy atom. The van der Waals surface area contributed by atoms with E-state index in [1.165, 1.54) is 6.07 Å². The number of rotatable bonds is 6. The quantitative estimate of drug-likeness (QED) is 0.422. The summed E-state index contributed by atoms with van der Waals surface area (Å²) in [6.45, 7) is 1.71. The molecule has 0 bridgehead atoms. The molecule has 0 saturated carbocycles. The van der Waals surface area contributed by atoms with Gasteiger partial charge in [-0.3, -0.25) is 14.5 Å². The van der Waals surface area contributed by atoms with Crippen molar-refractivity contribution in [2.24, 2.45) is 5.92 Å². The zero-order valence-electron chi connectivity index (χ0n) is 17.9. The summed E-state index contributed by atoms with van der Waals surface area (Å²) in [5, 5.41) is 3.76. The highest BCUT2D eigenvalue weighted by Gasteiger charge is 2.27. The molecule has 1 heterocycles. The molecule has 33 heavy (non-hydrogen) atoms. The lowest BCUT2D eigenvalue weighted by Crippen LogP contribution is -2.38. The van der Waals surface area contributed by atoms with Crippen LogP contribution < -0.4 is 5.32 Å². The van der Waals surface area contributed by atoms with Crippen LogP contribution in [-0.4, -0.2) is 29.7 Å². The highest BCUT2D eigenvalue weighted by molar-refractivity contribution is 6.31. The van der Waals surface area contributed by atoms with Crippen LogP contribution in [-0.2, 0) is 11.3 Å². The van der Waals surface area contributed by atoms with Crippen LogP contribution in [0.25, 0.3) is 0 Å². The molecule has 170 valence electrons. The van der Waals surface area contributed by atoms with Crippen LogP contribution in [0.15, 0.2) is 66.7 Å². The number of carbonyl (C=O) groups excluding carboxylic acids is 2. The fourth-order valence-electron chi connectivity index (χ4n) is 4.05. The zero-order valence-corrected chi connectivity index (χ0v) is 19.4. The molecule has 7 heteroatoms. The molecule has 3 aromatic carbocycles. The standard InChI is InChI=1S/C26H23Cl2FN2O2/c27-19-9-10-24(20(15-19)25(32)17-5-2-1-3-6-17)30-26(33)18-11-13-31(14-12-18)16-21-22(28)7-4-8-23(21)29/h1-10,15,18H,11-14,16H2,(H,30,33). The van der Waals surface area contributed by atoms with E-state index in [1.54, 1.807) is 54.6 Å². The number of benzene rings is 3. The predicted octanol–water partition coefficient (Wildman–Crippen LogP) is 6.21. The van der Waals surface area contributed by atoms with Gasteiger partial charge in [-0.2, -0.15) is 0 Å². The minimum absolute atomic E-state index is 0.136. The van der Waals surface area contributed by atoms with Crippen molar-refractivity contribution >= 4 is 40.6 Å². The second-order valence-electron chi connectivity index (χ2n) is 8.12. The summed E-state index contributed by atoms with van der Waals surface area (Å²) in [5.41, 5.74) is 1.80. The van der Waals surface area contributed by atoms with Crippen molar-refractivity contribution in [1.29, 1.82) is 0 Å². The van der Waals surface area contributed by atoms with E-state index in [2.05, 4.69) is 10.2 Å². The Morgan fingerprint density at radius 3 is 2.39 bits per heavy atom. The summed E-state index contributed by atoms with van der Waals surface area (Å²) < 4.78 is 14.1. The molecular formula is C26H23Cl2FN2O2. The second-order valence-corrected chi connectivity index (χ2v) is 8.97. The van der Waals surface area contributed by atoms with Crippen molar-refractivity contribution in [2.45, 2.75) is 19.4 Å². The third kappa shape index (κ3) is 5.61. The largest absolute Gasteiger partial charge is 0.325 e. The Labute approximate surface area is 202 Å². The van der Waals surface area contributed by atoms with Gasteiger partial charge in [0.15, 0.2) is 5.78 Å². The number of piperidine rings is 1. The molecule has 4 nitrogen and oxygen atoms in total. The molecule has 0 aliphatic carbocycles. The number of likely N-dealkylation sites (tertiary alicyclic amines) is 1. The smallest absolute Gasteiger partial charge is 0.227 e. The molecule has 4 rings (SSSR count). The van der Waals surface area contributed by atoms with Crippen molar-refractivity contribution in [3.63, 3.8) is 0 Å². The summed E-state index contributed by atoms with van der Waals surface area (Å²) in [6.07, 6.45) is 1.26. The summed E-state index contributed by atoms with van der Waals surface area (Å²) in [7, 11) is 0. The van der Waals surface area contributed by atoms with E-state index in [9.17, 15) is 14.0 Å². The molecule has 1 N–H and O–H groups in total. The van der Waals surface area contributed by atoms with Crippen LogP contribution in [0.2, 0.25) is 10.0 Å². The van der Waals surface area contributed by atoms with Crippen LogP contribution in [0.3, 0.4) is 0 Å². The monoisotopic (exact) mass is 484 g/mol. The van der Waals surface area contributed by atoms with Crippen LogP contribution in [0, 0.1) is 11.7 Å². The molecule has 0 unspecified atom stereocenters. The predicted molar refractivity (Wildman–Crippen MR) is 129 cm³/mol. The maximum Gasteiger partial charge on any atom is 0.227 e. The number of halogens is 3. The van der Waals surface area contributed by atoms with Crippen LogP contribution in [0.1, 0.15) is 34.3 Å². The molecule has 0 radical (unpaired) electrons. The van der Waals surface area contributed by atoms with E-state index >= 15 is 0 Å². The third-order valence-corrected chi connectivity index (χ3v) is 6.51. The van der Waals surface area contributed by atoms with Crippen molar-refractivity contribution in [2.75, 3.05) is 18.4 Å². The van der Waals surface area contributed by atoms with Crippen molar-refractivity contribution in [3.8, 4) is 0 Å². The van der Waals surface area contributed by atoms with E-state index in [1.807, 2.05) is 6.07 Å². The van der Waals surface area contributed by atoms with Crippen molar-refractivity contribution in [3.05, 3.63) is 99.3 Å². The SMILES string of the molecule is O=C(c1ccccc1)c1cc(Cl)ccc1NC(=O)C1CCN(Cc2c(F)cccc2Cl)CC1. The van der Waals surface area contributed by atoms with Crippen LogP contribution in [0.4, 0.5) is 10.1 Å². The highest BCUT2D eigenvalue weighted by Crippen LogP contribution is 2.27. The van der Waals surface area contributed by atoms with Crippen LogP contribution in [0.5, 0.6) is 0 Å². The van der Waals surface area contributed by atoms with Gasteiger partial charge >= 0.3 is 0 Å².